The van der Waals surface area contributed by atoms with Crippen LogP contribution in [0.4, 0.5) is 0 Å². The molecule has 0 unspecified atom stereocenters. The van der Waals surface area contributed by atoms with Crippen LogP contribution in [0.25, 0.3) is 0 Å². The van der Waals surface area contributed by atoms with Gasteiger partial charge in [-0.1, -0.05) is 37.3 Å². The summed E-state index contributed by atoms with van der Waals surface area (Å²) in [6.07, 6.45) is 0. The molecule has 2 atom stereocenters. The SMILES string of the molecule is CCOC(=O)[C@H](NC)[C@@H](C)CNOCc1ccccc1. The second-order valence-electron chi connectivity index (χ2n) is 4.62. The van der Waals surface area contributed by atoms with E-state index in [9.17, 15) is 4.79 Å². The Bertz CT molecular complexity index is 384. The highest BCUT2D eigenvalue weighted by Gasteiger charge is 2.24. The smallest absolute Gasteiger partial charge is 0.323 e. The van der Waals surface area contributed by atoms with Crippen LogP contribution in [0.5, 0.6) is 0 Å². The first kappa shape index (κ1) is 16.6. The number of nitrogens with one attached hydrogen (secondary N) is 2. The molecular weight excluding hydrogens is 256 g/mol. The van der Waals surface area contributed by atoms with Crippen LogP contribution in [0.1, 0.15) is 19.4 Å². The lowest BCUT2D eigenvalue weighted by Gasteiger charge is -2.21. The summed E-state index contributed by atoms with van der Waals surface area (Å²) in [7, 11) is 1.75. The molecule has 20 heavy (non-hydrogen) atoms. The molecule has 0 radical (unpaired) electrons. The van der Waals surface area contributed by atoms with Gasteiger partial charge in [0.1, 0.15) is 6.04 Å². The van der Waals surface area contributed by atoms with E-state index in [-0.39, 0.29) is 17.9 Å². The first-order chi connectivity index (χ1) is 9.69. The summed E-state index contributed by atoms with van der Waals surface area (Å²) in [6, 6.07) is 9.58. The molecule has 5 heteroatoms. The van der Waals surface area contributed by atoms with Crippen molar-refractivity contribution >= 4 is 5.97 Å². The zero-order valence-corrected chi connectivity index (χ0v) is 12.4. The summed E-state index contributed by atoms with van der Waals surface area (Å²) in [5.41, 5.74) is 4.00. The third-order valence-corrected chi connectivity index (χ3v) is 3.01. The predicted octanol–water partition coefficient (Wildman–Crippen LogP) is 1.49. The average molecular weight is 280 g/mol. The van der Waals surface area contributed by atoms with Crippen LogP contribution in [0.3, 0.4) is 0 Å². The monoisotopic (exact) mass is 280 g/mol. The van der Waals surface area contributed by atoms with Crippen molar-refractivity contribution in [2.75, 3.05) is 20.2 Å². The number of esters is 1. The Hall–Kier alpha value is -1.43. The number of hydroxylamine groups is 1. The van der Waals surface area contributed by atoms with Gasteiger partial charge >= 0.3 is 5.97 Å². The molecule has 0 saturated carbocycles. The Morgan fingerprint density at radius 1 is 1.30 bits per heavy atom. The summed E-state index contributed by atoms with van der Waals surface area (Å²) in [4.78, 5) is 17.1. The van der Waals surface area contributed by atoms with Crippen LogP contribution in [0.2, 0.25) is 0 Å². The normalized spacial score (nSPS) is 13.8. The minimum Gasteiger partial charge on any atom is -0.465 e. The summed E-state index contributed by atoms with van der Waals surface area (Å²) in [6.45, 7) is 5.23. The molecule has 0 saturated heterocycles. The predicted molar refractivity (Wildman–Crippen MR) is 77.9 cm³/mol. The molecule has 0 heterocycles. The van der Waals surface area contributed by atoms with Gasteiger partial charge in [-0.3, -0.25) is 9.63 Å². The lowest BCUT2D eigenvalue weighted by atomic mass is 10.0. The number of hydrogen-bond donors (Lipinski definition) is 2. The third-order valence-electron chi connectivity index (χ3n) is 3.01. The molecular formula is C15H24N2O3. The Morgan fingerprint density at radius 3 is 2.60 bits per heavy atom. The molecule has 0 spiro atoms. The van der Waals surface area contributed by atoms with Crippen LogP contribution < -0.4 is 10.8 Å². The van der Waals surface area contributed by atoms with E-state index >= 15 is 0 Å². The first-order valence-electron chi connectivity index (χ1n) is 6.91. The Kier molecular flexibility index (Phi) is 7.87. The number of carbonyl (C=O) groups is 1. The van der Waals surface area contributed by atoms with Crippen molar-refractivity contribution in [2.24, 2.45) is 5.92 Å². The maximum absolute atomic E-state index is 11.7. The standard InChI is InChI=1S/C15H24N2O3/c1-4-19-15(18)14(16-3)12(2)10-17-20-11-13-8-6-5-7-9-13/h5-9,12,14,16-17H,4,10-11H2,1-3H3/t12-,14+/m0/s1. The van der Waals surface area contributed by atoms with Crippen LogP contribution in [0, 0.1) is 5.92 Å². The fourth-order valence-electron chi connectivity index (χ4n) is 1.88. The van der Waals surface area contributed by atoms with Gasteiger partial charge in [-0.05, 0) is 25.5 Å². The first-order valence-corrected chi connectivity index (χ1v) is 6.91. The van der Waals surface area contributed by atoms with Gasteiger partial charge in [0.05, 0.1) is 13.2 Å². The van der Waals surface area contributed by atoms with Crippen molar-refractivity contribution in [2.45, 2.75) is 26.5 Å². The van der Waals surface area contributed by atoms with E-state index in [1.165, 1.54) is 0 Å². The Morgan fingerprint density at radius 2 is 2.00 bits per heavy atom. The molecule has 5 nitrogen and oxygen atoms in total. The van der Waals surface area contributed by atoms with E-state index in [1.807, 2.05) is 37.3 Å². The lowest BCUT2D eigenvalue weighted by molar-refractivity contribution is -0.147. The number of rotatable bonds is 9. The number of hydrogen-bond acceptors (Lipinski definition) is 5. The molecule has 112 valence electrons. The number of likely N-dealkylation sites (N-methyl/N-ethyl adjacent to an activating group) is 1. The highest BCUT2D eigenvalue weighted by Crippen LogP contribution is 2.05. The third kappa shape index (κ3) is 5.69. The lowest BCUT2D eigenvalue weighted by Crippen LogP contribution is -2.44. The fraction of sp³-hybridized carbons (Fsp3) is 0.533. The van der Waals surface area contributed by atoms with Gasteiger partial charge < -0.3 is 10.1 Å². The maximum Gasteiger partial charge on any atom is 0.323 e. The van der Waals surface area contributed by atoms with Crippen molar-refractivity contribution in [3.05, 3.63) is 35.9 Å². The van der Waals surface area contributed by atoms with Gasteiger partial charge in [-0.25, -0.2) is 5.48 Å². The molecule has 0 aliphatic rings. The molecule has 0 aliphatic heterocycles. The number of carbonyl (C=O) groups excluding carboxylic acids is 1. The second kappa shape index (κ2) is 9.47. The van der Waals surface area contributed by atoms with Crippen molar-refractivity contribution < 1.29 is 14.4 Å². The second-order valence-corrected chi connectivity index (χ2v) is 4.62. The zero-order valence-electron chi connectivity index (χ0n) is 12.4. The van der Waals surface area contributed by atoms with E-state index in [4.69, 9.17) is 9.57 Å². The quantitative estimate of drug-likeness (QED) is 0.408. The molecule has 1 aromatic carbocycles. The summed E-state index contributed by atoms with van der Waals surface area (Å²) < 4.78 is 5.02. The van der Waals surface area contributed by atoms with Gasteiger partial charge in [0.15, 0.2) is 0 Å². The van der Waals surface area contributed by atoms with Crippen LogP contribution in [0.15, 0.2) is 30.3 Å². The average Bonchev–Trinajstić information content (AvgIpc) is 2.46. The highest BCUT2D eigenvalue weighted by atomic mass is 16.6. The minimum absolute atomic E-state index is 0.0647. The van der Waals surface area contributed by atoms with Gasteiger partial charge in [-0.15, -0.1) is 0 Å². The number of benzene rings is 1. The van der Waals surface area contributed by atoms with Gasteiger partial charge in [0, 0.05) is 6.54 Å². The van der Waals surface area contributed by atoms with E-state index in [2.05, 4.69) is 10.8 Å². The van der Waals surface area contributed by atoms with Crippen molar-refractivity contribution in [3.8, 4) is 0 Å². The van der Waals surface area contributed by atoms with Crippen molar-refractivity contribution in [1.29, 1.82) is 0 Å². The molecule has 2 N–H and O–H groups in total. The maximum atomic E-state index is 11.7. The molecule has 0 amide bonds. The number of ether oxygens (including phenoxy) is 1. The van der Waals surface area contributed by atoms with Crippen molar-refractivity contribution in [1.82, 2.24) is 10.8 Å². The molecule has 1 rings (SSSR count). The summed E-state index contributed by atoms with van der Waals surface area (Å²) in [5.74, 6) is -0.165. The van der Waals surface area contributed by atoms with Gasteiger partial charge in [0.2, 0.25) is 0 Å². The van der Waals surface area contributed by atoms with E-state index in [1.54, 1.807) is 14.0 Å². The van der Waals surface area contributed by atoms with Crippen LogP contribution in [-0.2, 0) is 21.0 Å². The molecule has 0 bridgehead atoms. The molecule has 1 aromatic rings. The minimum atomic E-state index is -0.331. The Labute approximate surface area is 120 Å². The topological polar surface area (TPSA) is 59.6 Å². The zero-order chi connectivity index (χ0) is 14.8. The highest BCUT2D eigenvalue weighted by molar-refractivity contribution is 5.76. The van der Waals surface area contributed by atoms with E-state index in [0.717, 1.165) is 5.56 Å². The van der Waals surface area contributed by atoms with Gasteiger partial charge in [-0.2, -0.15) is 0 Å². The largest absolute Gasteiger partial charge is 0.465 e. The van der Waals surface area contributed by atoms with Gasteiger partial charge in [0.25, 0.3) is 0 Å². The van der Waals surface area contributed by atoms with Crippen LogP contribution in [-0.4, -0.2) is 32.2 Å². The van der Waals surface area contributed by atoms with Crippen molar-refractivity contribution in [3.63, 3.8) is 0 Å². The Balaban J connectivity index is 2.27. The van der Waals surface area contributed by atoms with E-state index < -0.39 is 0 Å². The van der Waals surface area contributed by atoms with Crippen LogP contribution >= 0.6 is 0 Å². The summed E-state index contributed by atoms with van der Waals surface area (Å²) >= 11 is 0. The fourth-order valence-corrected chi connectivity index (χ4v) is 1.88. The van der Waals surface area contributed by atoms with E-state index in [0.29, 0.717) is 19.8 Å². The molecule has 0 aliphatic carbocycles. The summed E-state index contributed by atoms with van der Waals surface area (Å²) in [5, 5.41) is 2.97. The molecule has 0 fully saturated rings. The molecule has 0 aromatic heterocycles.